The van der Waals surface area contributed by atoms with Crippen molar-refractivity contribution in [2.45, 2.75) is 100 Å². The normalized spacial score (nSPS) is 18.0. The summed E-state index contributed by atoms with van der Waals surface area (Å²) in [7, 11) is 1.50. The second kappa shape index (κ2) is 24.9. The summed E-state index contributed by atoms with van der Waals surface area (Å²) in [5, 5.41) is 11.7. The van der Waals surface area contributed by atoms with Crippen LogP contribution in [-0.4, -0.2) is 62.0 Å². The van der Waals surface area contributed by atoms with E-state index in [1.165, 1.54) is 19.6 Å². The van der Waals surface area contributed by atoms with Gasteiger partial charge in [0.15, 0.2) is 5.78 Å². The van der Waals surface area contributed by atoms with Crippen molar-refractivity contribution in [2.75, 3.05) is 26.9 Å². The van der Waals surface area contributed by atoms with Gasteiger partial charge in [0.1, 0.15) is 24.4 Å². The van der Waals surface area contributed by atoms with Gasteiger partial charge in [-0.05, 0) is 38.2 Å². The number of methoxy groups -OCH3 is 1. The third-order valence-electron chi connectivity index (χ3n) is 6.08. The molecule has 5 atom stereocenters. The highest BCUT2D eigenvalue weighted by Gasteiger charge is 2.29. The van der Waals surface area contributed by atoms with E-state index >= 15 is 0 Å². The first-order valence-corrected chi connectivity index (χ1v) is 14.5. The SMILES string of the molecule is CC.CC.CC[C@@H](C)C(=O)CCCCc1ccccc1.COC[C@@H](C)C(=O)C(C)C(=O)OCC1CNC(O)O1. The largest absolute Gasteiger partial charge is 0.462 e. The zero-order chi connectivity index (χ0) is 30.2. The van der Waals surface area contributed by atoms with E-state index in [2.05, 4.69) is 36.5 Å². The minimum absolute atomic E-state index is 0.0131. The number of aryl methyl sites for hydroxylation is 1. The molecule has 2 N–H and O–H groups in total. The molecule has 1 aromatic carbocycles. The Morgan fingerprint density at radius 3 is 2.15 bits per heavy atom. The molecule has 2 rings (SSSR count). The molecule has 1 aliphatic rings. The van der Waals surface area contributed by atoms with Crippen molar-refractivity contribution < 1.29 is 33.7 Å². The van der Waals surface area contributed by atoms with Gasteiger partial charge in [-0.1, -0.05) is 78.8 Å². The monoisotopic (exact) mass is 553 g/mol. The summed E-state index contributed by atoms with van der Waals surface area (Å²) in [4.78, 5) is 35.2. The number of Topliss-reactive ketones (excluding diaryl/α,β-unsaturated/α-hetero) is 2. The summed E-state index contributed by atoms with van der Waals surface area (Å²) in [6.45, 7) is 16.0. The van der Waals surface area contributed by atoms with Gasteiger partial charge in [0.2, 0.25) is 6.41 Å². The Labute approximate surface area is 237 Å². The van der Waals surface area contributed by atoms with Crippen molar-refractivity contribution in [2.24, 2.45) is 17.8 Å². The Balaban J connectivity index is 0. The number of unbranched alkanes of at least 4 members (excludes halogenated alkanes) is 1. The molecule has 0 radical (unpaired) electrons. The van der Waals surface area contributed by atoms with E-state index < -0.39 is 24.4 Å². The molecule has 0 amide bonds. The maximum atomic E-state index is 11.9. The molecule has 0 saturated carbocycles. The molecule has 1 aliphatic heterocycles. The van der Waals surface area contributed by atoms with Crippen LogP contribution in [0.2, 0.25) is 0 Å². The van der Waals surface area contributed by atoms with Gasteiger partial charge in [-0.2, -0.15) is 0 Å². The molecule has 8 nitrogen and oxygen atoms in total. The van der Waals surface area contributed by atoms with Gasteiger partial charge in [-0.25, -0.2) is 0 Å². The summed E-state index contributed by atoms with van der Waals surface area (Å²) in [5.41, 5.74) is 1.37. The summed E-state index contributed by atoms with van der Waals surface area (Å²) in [5.74, 6) is -1.30. The van der Waals surface area contributed by atoms with Crippen LogP contribution in [0.4, 0.5) is 0 Å². The van der Waals surface area contributed by atoms with Gasteiger partial charge in [0.05, 0.1) is 6.61 Å². The van der Waals surface area contributed by atoms with E-state index in [1.54, 1.807) is 6.92 Å². The summed E-state index contributed by atoms with van der Waals surface area (Å²) in [6, 6.07) is 10.5. The molecule has 1 fully saturated rings. The van der Waals surface area contributed by atoms with E-state index in [-0.39, 0.29) is 30.8 Å². The number of hydrogen-bond acceptors (Lipinski definition) is 8. The number of carbonyl (C=O) groups is 3. The van der Waals surface area contributed by atoms with Crippen LogP contribution in [0.25, 0.3) is 0 Å². The van der Waals surface area contributed by atoms with Crippen LogP contribution >= 0.6 is 0 Å². The number of ether oxygens (including phenoxy) is 3. The van der Waals surface area contributed by atoms with Gasteiger partial charge in [0, 0.05) is 31.9 Å². The predicted octanol–water partition coefficient (Wildman–Crippen LogP) is 5.35. The van der Waals surface area contributed by atoms with E-state index in [0.29, 0.717) is 12.3 Å². The highest BCUT2D eigenvalue weighted by atomic mass is 16.7. The van der Waals surface area contributed by atoms with Crippen LogP contribution in [0.1, 0.15) is 86.6 Å². The third-order valence-corrected chi connectivity index (χ3v) is 6.08. The number of aliphatic hydroxyl groups excluding tert-OH is 1. The molecule has 1 aromatic rings. The smallest absolute Gasteiger partial charge is 0.316 e. The highest BCUT2D eigenvalue weighted by molar-refractivity contribution is 5.99. The first kappa shape index (κ1) is 39.0. The summed E-state index contributed by atoms with van der Waals surface area (Å²) < 4.78 is 14.9. The lowest BCUT2D eigenvalue weighted by Crippen LogP contribution is -2.32. The van der Waals surface area contributed by atoms with E-state index in [9.17, 15) is 14.4 Å². The van der Waals surface area contributed by atoms with Gasteiger partial charge >= 0.3 is 5.97 Å². The molecule has 0 bridgehead atoms. The van der Waals surface area contributed by atoms with Crippen molar-refractivity contribution >= 4 is 17.5 Å². The van der Waals surface area contributed by atoms with Gasteiger partial charge < -0.3 is 19.3 Å². The first-order chi connectivity index (χ1) is 18.7. The zero-order valence-electron chi connectivity index (χ0n) is 25.8. The minimum Gasteiger partial charge on any atom is -0.462 e. The first-order valence-electron chi connectivity index (χ1n) is 14.5. The Bertz CT molecular complexity index is 757. The Hall–Kier alpha value is -2.13. The molecule has 1 heterocycles. The van der Waals surface area contributed by atoms with E-state index in [4.69, 9.17) is 19.3 Å². The molecule has 1 saturated heterocycles. The molecule has 3 unspecified atom stereocenters. The molecule has 0 aliphatic carbocycles. The minimum atomic E-state index is -1.02. The lowest BCUT2D eigenvalue weighted by Gasteiger charge is -2.16. The molecule has 8 heteroatoms. The molecule has 0 spiro atoms. The lowest BCUT2D eigenvalue weighted by molar-refractivity contribution is -0.160. The van der Waals surface area contributed by atoms with E-state index in [1.807, 2.05) is 40.7 Å². The second-order valence-electron chi connectivity index (χ2n) is 9.10. The van der Waals surface area contributed by atoms with Crippen molar-refractivity contribution in [1.82, 2.24) is 5.32 Å². The fourth-order valence-corrected chi connectivity index (χ4v) is 3.53. The second-order valence-corrected chi connectivity index (χ2v) is 9.10. The number of benzene rings is 1. The number of carbonyl (C=O) groups excluding carboxylic acids is 3. The average molecular weight is 554 g/mol. The van der Waals surface area contributed by atoms with Gasteiger partial charge in [-0.15, -0.1) is 0 Å². The van der Waals surface area contributed by atoms with Crippen LogP contribution in [0.3, 0.4) is 0 Å². The Kier molecular flexibility index (Phi) is 24.9. The van der Waals surface area contributed by atoms with Crippen molar-refractivity contribution in [3.05, 3.63) is 35.9 Å². The van der Waals surface area contributed by atoms with Crippen LogP contribution in [0.5, 0.6) is 0 Å². The summed E-state index contributed by atoms with van der Waals surface area (Å²) in [6.07, 6.45) is 3.54. The van der Waals surface area contributed by atoms with Crippen molar-refractivity contribution in [3.63, 3.8) is 0 Å². The Morgan fingerprint density at radius 1 is 1.03 bits per heavy atom. The number of nitrogens with one attached hydrogen (secondary N) is 1. The quantitative estimate of drug-likeness (QED) is 0.180. The number of esters is 1. The van der Waals surface area contributed by atoms with Crippen molar-refractivity contribution in [1.29, 1.82) is 0 Å². The Morgan fingerprint density at radius 2 is 1.64 bits per heavy atom. The van der Waals surface area contributed by atoms with E-state index in [0.717, 1.165) is 32.1 Å². The van der Waals surface area contributed by atoms with Crippen LogP contribution in [0, 0.1) is 17.8 Å². The number of rotatable bonds is 14. The predicted molar refractivity (Wildman–Crippen MR) is 156 cm³/mol. The summed E-state index contributed by atoms with van der Waals surface area (Å²) >= 11 is 0. The lowest BCUT2D eigenvalue weighted by atomic mass is 9.96. The van der Waals surface area contributed by atoms with Gasteiger partial charge in [0.25, 0.3) is 0 Å². The zero-order valence-corrected chi connectivity index (χ0v) is 25.8. The topological polar surface area (TPSA) is 111 Å². The maximum Gasteiger partial charge on any atom is 0.316 e. The number of aliphatic hydroxyl groups is 1. The van der Waals surface area contributed by atoms with Crippen LogP contribution in [-0.2, 0) is 35.0 Å². The average Bonchev–Trinajstić information content (AvgIpc) is 3.40. The number of hydrogen-bond donors (Lipinski definition) is 2. The molecule has 0 aromatic heterocycles. The standard InChI is InChI=1S/C15H22O.C12H21NO6.2C2H6/c1-3-13(2)15(16)12-8-7-11-14-9-5-4-6-10-14;1-7(5-17-3)10(14)8(2)11(15)18-6-9-4-13-12(16)19-9;2*1-2/h4-6,9-10,13H,3,7-8,11-12H2,1-2H3;7-9,12-13,16H,4-6H2,1-3H3;2*1-2H3/t13-;7-,8?,9?,12?;;/m11../s1. The fourth-order valence-electron chi connectivity index (χ4n) is 3.53. The molecular formula is C31H55NO7. The highest BCUT2D eigenvalue weighted by Crippen LogP contribution is 2.12. The van der Waals surface area contributed by atoms with Crippen LogP contribution in [0.15, 0.2) is 30.3 Å². The van der Waals surface area contributed by atoms with Crippen molar-refractivity contribution in [3.8, 4) is 0 Å². The molecular weight excluding hydrogens is 498 g/mol. The third kappa shape index (κ3) is 18.0. The molecule has 39 heavy (non-hydrogen) atoms. The fraction of sp³-hybridized carbons (Fsp3) is 0.710. The molecule has 226 valence electrons. The number of ketones is 2. The maximum absolute atomic E-state index is 11.9. The van der Waals surface area contributed by atoms with Gasteiger partial charge in [-0.3, -0.25) is 19.7 Å². The van der Waals surface area contributed by atoms with Crippen LogP contribution < -0.4 is 5.32 Å².